The second-order valence-electron chi connectivity index (χ2n) is 6.16. The van der Waals surface area contributed by atoms with Crippen molar-refractivity contribution in [3.63, 3.8) is 0 Å². The average molecular weight is 353 g/mol. The molecular weight excluding hydrogens is 334 g/mol. The van der Waals surface area contributed by atoms with Gasteiger partial charge in [0, 0.05) is 29.1 Å². The van der Waals surface area contributed by atoms with Crippen molar-refractivity contribution in [2.45, 2.75) is 25.4 Å². The Morgan fingerprint density at radius 3 is 2.23 bits per heavy atom. The maximum atomic E-state index is 12.3. The Balaban J connectivity index is 2.11. The van der Waals surface area contributed by atoms with Crippen molar-refractivity contribution in [1.29, 1.82) is 0 Å². The topological polar surface area (TPSA) is 130 Å². The maximum absolute atomic E-state index is 12.3. The Bertz CT molecular complexity index is 833. The molecule has 1 aromatic heterocycles. The number of nitrogens with two attached hydrogens (primary N) is 1. The quantitative estimate of drug-likeness (QED) is 0.353. The zero-order valence-electron chi connectivity index (χ0n) is 14.4. The molecule has 8 nitrogen and oxygen atoms in total. The molecule has 8 heteroatoms. The SMILES string of the molecule is CC(C)(N)[C@H](NC(=O)c1ccc(C#Cc2cncnc2)cc1)C(=O)NO. The zero-order chi connectivity index (χ0) is 19.2. The summed E-state index contributed by atoms with van der Waals surface area (Å²) >= 11 is 0. The molecule has 134 valence electrons. The van der Waals surface area contributed by atoms with Crippen LogP contribution in [0, 0.1) is 11.8 Å². The minimum absolute atomic E-state index is 0.332. The van der Waals surface area contributed by atoms with Gasteiger partial charge in [-0.25, -0.2) is 15.4 Å². The second kappa shape index (κ2) is 8.20. The fraction of sp³-hybridized carbons (Fsp3) is 0.222. The van der Waals surface area contributed by atoms with Gasteiger partial charge in [0.2, 0.25) is 0 Å². The van der Waals surface area contributed by atoms with E-state index >= 15 is 0 Å². The zero-order valence-corrected chi connectivity index (χ0v) is 14.4. The summed E-state index contributed by atoms with van der Waals surface area (Å²) in [5.41, 5.74) is 8.04. The number of amides is 2. The van der Waals surface area contributed by atoms with Gasteiger partial charge in [0.15, 0.2) is 0 Å². The molecule has 0 aliphatic heterocycles. The molecule has 1 heterocycles. The monoisotopic (exact) mass is 353 g/mol. The summed E-state index contributed by atoms with van der Waals surface area (Å²) < 4.78 is 0. The highest BCUT2D eigenvalue weighted by Gasteiger charge is 2.33. The molecule has 5 N–H and O–H groups in total. The first-order valence-corrected chi connectivity index (χ1v) is 7.72. The Labute approximate surface area is 150 Å². The van der Waals surface area contributed by atoms with Crippen molar-refractivity contribution in [1.82, 2.24) is 20.8 Å². The molecule has 2 aromatic rings. The first kappa shape index (κ1) is 19.1. The summed E-state index contributed by atoms with van der Waals surface area (Å²) in [4.78, 5) is 31.8. The smallest absolute Gasteiger partial charge is 0.267 e. The van der Waals surface area contributed by atoms with Crippen LogP contribution in [0.4, 0.5) is 0 Å². The number of benzene rings is 1. The van der Waals surface area contributed by atoms with E-state index < -0.39 is 23.4 Å². The van der Waals surface area contributed by atoms with E-state index in [1.54, 1.807) is 50.5 Å². The molecule has 0 radical (unpaired) electrons. The van der Waals surface area contributed by atoms with Crippen LogP contribution in [0.25, 0.3) is 0 Å². The molecule has 1 atom stereocenters. The summed E-state index contributed by atoms with van der Waals surface area (Å²) in [5.74, 6) is 4.57. The Morgan fingerprint density at radius 2 is 1.69 bits per heavy atom. The van der Waals surface area contributed by atoms with Crippen molar-refractivity contribution in [2.75, 3.05) is 0 Å². The molecule has 2 rings (SSSR count). The average Bonchev–Trinajstić information content (AvgIpc) is 2.64. The lowest BCUT2D eigenvalue weighted by atomic mass is 9.95. The van der Waals surface area contributed by atoms with Crippen molar-refractivity contribution < 1.29 is 14.8 Å². The van der Waals surface area contributed by atoms with Gasteiger partial charge in [0.1, 0.15) is 12.4 Å². The largest absolute Gasteiger partial charge is 0.338 e. The van der Waals surface area contributed by atoms with Crippen LogP contribution < -0.4 is 16.5 Å². The van der Waals surface area contributed by atoms with E-state index in [2.05, 4.69) is 27.1 Å². The molecule has 0 aliphatic rings. The third-order valence-electron chi connectivity index (χ3n) is 3.45. The lowest BCUT2D eigenvalue weighted by Crippen LogP contribution is -2.61. The van der Waals surface area contributed by atoms with Gasteiger partial charge in [-0.3, -0.25) is 14.8 Å². The first-order chi connectivity index (χ1) is 12.3. The Hall–Kier alpha value is -3.28. The van der Waals surface area contributed by atoms with Gasteiger partial charge in [0.05, 0.1) is 5.56 Å². The van der Waals surface area contributed by atoms with Crippen LogP contribution >= 0.6 is 0 Å². The molecule has 0 aliphatic carbocycles. The number of nitrogens with one attached hydrogen (secondary N) is 2. The number of hydrogen-bond donors (Lipinski definition) is 4. The summed E-state index contributed by atoms with van der Waals surface area (Å²) in [6, 6.07) is 5.43. The molecule has 0 saturated heterocycles. The number of aromatic nitrogens is 2. The summed E-state index contributed by atoms with van der Waals surface area (Å²) in [6.07, 6.45) is 4.62. The second-order valence-corrected chi connectivity index (χ2v) is 6.16. The van der Waals surface area contributed by atoms with Gasteiger partial charge in [-0.05, 0) is 38.1 Å². The van der Waals surface area contributed by atoms with Crippen molar-refractivity contribution in [2.24, 2.45) is 5.73 Å². The van der Waals surface area contributed by atoms with E-state index in [4.69, 9.17) is 10.9 Å². The number of carbonyl (C=O) groups is 2. The summed E-state index contributed by atoms with van der Waals surface area (Å²) in [5, 5.41) is 11.3. The normalized spacial score (nSPS) is 11.7. The number of hydrogen-bond acceptors (Lipinski definition) is 6. The molecule has 0 unspecified atom stereocenters. The van der Waals surface area contributed by atoms with E-state index in [9.17, 15) is 9.59 Å². The van der Waals surface area contributed by atoms with Gasteiger partial charge >= 0.3 is 0 Å². The minimum Gasteiger partial charge on any atom is -0.338 e. The number of nitrogens with zero attached hydrogens (tertiary/aromatic N) is 2. The molecule has 0 spiro atoms. The van der Waals surface area contributed by atoms with E-state index in [1.165, 1.54) is 11.8 Å². The highest BCUT2D eigenvalue weighted by Crippen LogP contribution is 2.09. The van der Waals surface area contributed by atoms with Crippen molar-refractivity contribution >= 4 is 11.8 Å². The van der Waals surface area contributed by atoms with Gasteiger partial charge in [-0.15, -0.1) is 0 Å². The van der Waals surface area contributed by atoms with E-state index in [0.717, 1.165) is 0 Å². The summed E-state index contributed by atoms with van der Waals surface area (Å²) in [6.45, 7) is 3.14. The predicted octanol–water partition coefficient (Wildman–Crippen LogP) is 0.217. The fourth-order valence-electron chi connectivity index (χ4n) is 2.08. The number of hydroxylamine groups is 1. The maximum Gasteiger partial charge on any atom is 0.267 e. The standard InChI is InChI=1S/C18H19N5O3/c1-18(2,19)15(17(25)23-26)22-16(24)14-7-5-12(6-8-14)3-4-13-9-20-11-21-10-13/h5-11,15,26H,19H2,1-2H3,(H,22,24)(H,23,25)/t15-/m1/s1. The molecule has 1 aromatic carbocycles. The lowest BCUT2D eigenvalue weighted by molar-refractivity contribution is -0.132. The van der Waals surface area contributed by atoms with E-state index in [-0.39, 0.29) is 0 Å². The fourth-order valence-corrected chi connectivity index (χ4v) is 2.08. The highest BCUT2D eigenvalue weighted by atomic mass is 16.5. The van der Waals surface area contributed by atoms with Gasteiger partial charge in [-0.1, -0.05) is 11.8 Å². The van der Waals surface area contributed by atoms with Crippen LogP contribution in [0.5, 0.6) is 0 Å². The van der Waals surface area contributed by atoms with Gasteiger partial charge in [-0.2, -0.15) is 0 Å². The number of carbonyl (C=O) groups excluding carboxylic acids is 2. The van der Waals surface area contributed by atoms with Crippen LogP contribution in [0.2, 0.25) is 0 Å². The predicted molar refractivity (Wildman–Crippen MR) is 93.9 cm³/mol. The molecule has 2 amide bonds. The third kappa shape index (κ3) is 5.11. The van der Waals surface area contributed by atoms with Crippen LogP contribution in [0.15, 0.2) is 43.0 Å². The van der Waals surface area contributed by atoms with E-state index in [1.807, 2.05) is 0 Å². The Morgan fingerprint density at radius 1 is 1.12 bits per heavy atom. The summed E-state index contributed by atoms with van der Waals surface area (Å²) in [7, 11) is 0. The molecular formula is C18H19N5O3. The highest BCUT2D eigenvalue weighted by molar-refractivity contribution is 5.97. The number of rotatable bonds is 4. The van der Waals surface area contributed by atoms with Gasteiger partial charge < -0.3 is 11.1 Å². The third-order valence-corrected chi connectivity index (χ3v) is 3.45. The molecule has 26 heavy (non-hydrogen) atoms. The lowest BCUT2D eigenvalue weighted by Gasteiger charge is -2.29. The molecule has 0 saturated carbocycles. The van der Waals surface area contributed by atoms with Crippen molar-refractivity contribution in [3.05, 3.63) is 59.7 Å². The van der Waals surface area contributed by atoms with E-state index in [0.29, 0.717) is 16.7 Å². The van der Waals surface area contributed by atoms with Crippen LogP contribution in [-0.4, -0.2) is 38.6 Å². The Kier molecular flexibility index (Phi) is 6.01. The van der Waals surface area contributed by atoms with Crippen LogP contribution in [0.3, 0.4) is 0 Å². The van der Waals surface area contributed by atoms with Crippen molar-refractivity contribution in [3.8, 4) is 11.8 Å². The van der Waals surface area contributed by atoms with Crippen LogP contribution in [-0.2, 0) is 4.79 Å². The molecule has 0 fully saturated rings. The van der Waals surface area contributed by atoms with Crippen LogP contribution in [0.1, 0.15) is 35.3 Å². The van der Waals surface area contributed by atoms with Gasteiger partial charge in [0.25, 0.3) is 11.8 Å². The molecule has 0 bridgehead atoms. The first-order valence-electron chi connectivity index (χ1n) is 7.72. The minimum atomic E-state index is -1.10.